The van der Waals surface area contributed by atoms with Crippen molar-refractivity contribution in [2.45, 2.75) is 0 Å². The van der Waals surface area contributed by atoms with Crippen LogP contribution < -0.4 is 0 Å². The van der Waals surface area contributed by atoms with Crippen LogP contribution in [0.2, 0.25) is 0 Å². The van der Waals surface area contributed by atoms with E-state index < -0.39 is 0 Å². The van der Waals surface area contributed by atoms with Gasteiger partial charge in [0.05, 0.1) is 0 Å². The van der Waals surface area contributed by atoms with Gasteiger partial charge in [0.2, 0.25) is 0 Å². The lowest BCUT2D eigenvalue weighted by Gasteiger charge is -1.92. The molecule has 0 aromatic carbocycles. The summed E-state index contributed by atoms with van der Waals surface area (Å²) in [6.45, 7) is 0. The van der Waals surface area contributed by atoms with Gasteiger partial charge in [-0.1, -0.05) is 24.3 Å². The summed E-state index contributed by atoms with van der Waals surface area (Å²) in [5.74, 6) is 4.48. The summed E-state index contributed by atoms with van der Waals surface area (Å²) in [5, 5.41) is 0. The molecule has 0 nitrogen and oxygen atoms in total. The summed E-state index contributed by atoms with van der Waals surface area (Å²) in [7, 11) is 0.880. The average molecular weight is 134 g/mol. The second-order valence-electron chi connectivity index (χ2n) is 2.08. The van der Waals surface area contributed by atoms with Crippen LogP contribution in [0.25, 0.3) is 11.1 Å². The number of rotatable bonds is 0. The molecule has 0 fully saturated rings. The highest BCUT2D eigenvalue weighted by molar-refractivity contribution is 7.28. The molecule has 44 valence electrons. The van der Waals surface area contributed by atoms with Gasteiger partial charge in [0.15, 0.2) is 0 Å². The summed E-state index contributed by atoms with van der Waals surface area (Å²) < 4.78 is 0. The van der Waals surface area contributed by atoms with Gasteiger partial charge in [0.25, 0.3) is 0 Å². The molecule has 1 heteroatoms. The van der Waals surface area contributed by atoms with E-state index in [4.69, 9.17) is 0 Å². The molecule has 1 atom stereocenters. The molecule has 2 aliphatic rings. The van der Waals surface area contributed by atoms with Crippen molar-refractivity contribution in [1.82, 2.24) is 0 Å². The third-order valence-electron chi connectivity index (χ3n) is 1.48. The summed E-state index contributed by atoms with van der Waals surface area (Å²) >= 11 is 0. The Morgan fingerprint density at radius 2 is 1.89 bits per heavy atom. The zero-order chi connectivity index (χ0) is 6.10. The van der Waals surface area contributed by atoms with Gasteiger partial charge in [-0.05, 0) is 22.7 Å². The first-order chi connectivity index (χ1) is 4.47. The molecule has 1 aliphatic carbocycles. The van der Waals surface area contributed by atoms with Gasteiger partial charge in [-0.25, -0.2) is 0 Å². The Balaban J connectivity index is 2.79. The van der Waals surface area contributed by atoms with E-state index in [1.807, 2.05) is 0 Å². The number of hydrogen-bond acceptors (Lipinski definition) is 0. The van der Waals surface area contributed by atoms with E-state index in [0.717, 1.165) is 8.19 Å². The summed E-state index contributed by atoms with van der Waals surface area (Å²) in [5.41, 5.74) is 2.77. The van der Waals surface area contributed by atoms with Crippen molar-refractivity contribution in [3.8, 4) is 11.1 Å². The van der Waals surface area contributed by atoms with E-state index in [1.54, 1.807) is 0 Å². The fourth-order valence-corrected chi connectivity index (χ4v) is 1.82. The molecule has 0 amide bonds. The van der Waals surface area contributed by atoms with E-state index in [9.17, 15) is 0 Å². The summed E-state index contributed by atoms with van der Waals surface area (Å²) in [4.78, 5) is 0. The van der Waals surface area contributed by atoms with Crippen molar-refractivity contribution in [3.63, 3.8) is 0 Å². The van der Waals surface area contributed by atoms with Gasteiger partial charge in [-0.2, -0.15) is 0 Å². The van der Waals surface area contributed by atoms with E-state index >= 15 is 0 Å². The summed E-state index contributed by atoms with van der Waals surface area (Å²) in [6, 6.07) is 8.59. The van der Waals surface area contributed by atoms with Gasteiger partial charge in [-0.3, -0.25) is 0 Å². The Kier molecular flexibility index (Phi) is 1.07. The van der Waals surface area contributed by atoms with Gasteiger partial charge >= 0.3 is 0 Å². The van der Waals surface area contributed by atoms with Crippen LogP contribution in [0.4, 0.5) is 0 Å². The quantitative estimate of drug-likeness (QED) is 0.519. The molecule has 0 N–H and O–H groups in total. The highest BCUT2D eigenvalue weighted by atomic mass is 31.0. The van der Waals surface area contributed by atoms with Crippen molar-refractivity contribution < 1.29 is 0 Å². The zero-order valence-corrected chi connectivity index (χ0v) is 5.96. The molecule has 1 heterocycles. The fourth-order valence-electron chi connectivity index (χ4n) is 1.01. The van der Waals surface area contributed by atoms with Crippen LogP contribution in [0.5, 0.6) is 0 Å². The van der Waals surface area contributed by atoms with Crippen molar-refractivity contribution in [2.75, 3.05) is 0 Å². The maximum Gasteiger partial charge on any atom is -0.0147 e. The molecule has 0 saturated carbocycles. The summed E-state index contributed by atoms with van der Waals surface area (Å²) in [6.07, 6.45) is 0. The first kappa shape index (κ1) is 5.08. The predicted octanol–water partition coefficient (Wildman–Crippen LogP) is 2.82. The Hall–Kier alpha value is -0.740. The highest BCUT2D eigenvalue weighted by Gasteiger charge is 1.95. The molecule has 9 heavy (non-hydrogen) atoms. The standard InChI is InChI=1S/C8H7P/c1-2-7-4-5-9-6-8(7)3-1/h1-6,9H. The monoisotopic (exact) mass is 134 g/mol. The molecular weight excluding hydrogens is 127 g/mol. The van der Waals surface area contributed by atoms with Crippen LogP contribution in [0.3, 0.4) is 0 Å². The topological polar surface area (TPSA) is 0 Å². The van der Waals surface area contributed by atoms with Crippen molar-refractivity contribution in [2.24, 2.45) is 0 Å². The third kappa shape index (κ3) is 0.760. The second kappa shape index (κ2) is 1.89. The molecule has 0 spiro atoms. The minimum absolute atomic E-state index is 0.880. The Morgan fingerprint density at radius 3 is 2.78 bits per heavy atom. The van der Waals surface area contributed by atoms with Crippen molar-refractivity contribution >= 4 is 8.19 Å². The normalized spacial score (nSPS) is 11.1. The maximum atomic E-state index is 2.27. The minimum atomic E-state index is 0.880. The molecule has 0 bridgehead atoms. The second-order valence-corrected chi connectivity index (χ2v) is 3.04. The maximum absolute atomic E-state index is 2.27. The predicted molar refractivity (Wildman–Crippen MR) is 42.6 cm³/mol. The smallest absolute Gasteiger partial charge is 0.0147 e. The first-order valence-electron chi connectivity index (χ1n) is 2.98. The van der Waals surface area contributed by atoms with Crippen LogP contribution >= 0.6 is 8.19 Å². The lowest BCUT2D eigenvalue weighted by molar-refractivity contribution is 1.85. The third-order valence-corrected chi connectivity index (χ3v) is 2.32. The number of hydrogen-bond donors (Lipinski definition) is 0. The van der Waals surface area contributed by atoms with E-state index in [0.29, 0.717) is 0 Å². The highest BCUT2D eigenvalue weighted by Crippen LogP contribution is 2.25. The van der Waals surface area contributed by atoms with Gasteiger partial charge in [-0.15, -0.1) is 8.19 Å². The van der Waals surface area contributed by atoms with Crippen LogP contribution in [-0.4, -0.2) is 0 Å². The van der Waals surface area contributed by atoms with Crippen molar-refractivity contribution in [3.05, 3.63) is 35.9 Å². The lowest BCUT2D eigenvalue weighted by atomic mass is 10.2. The molecule has 2 rings (SSSR count). The van der Waals surface area contributed by atoms with Crippen LogP contribution in [0.15, 0.2) is 35.9 Å². The largest absolute Gasteiger partial charge is 0.139 e. The van der Waals surface area contributed by atoms with Crippen LogP contribution in [-0.2, 0) is 0 Å². The van der Waals surface area contributed by atoms with Crippen LogP contribution in [0.1, 0.15) is 0 Å². The van der Waals surface area contributed by atoms with E-state index in [2.05, 4.69) is 35.9 Å². The van der Waals surface area contributed by atoms with E-state index in [-0.39, 0.29) is 0 Å². The molecule has 1 unspecified atom stereocenters. The van der Waals surface area contributed by atoms with Gasteiger partial charge in [0.1, 0.15) is 0 Å². The fraction of sp³-hybridized carbons (Fsp3) is 0. The molecular formula is C8H7P. The first-order valence-corrected chi connectivity index (χ1v) is 4.14. The SMILES string of the molecule is c1cc2cc[pH]cc-2c1. The molecule has 0 aromatic heterocycles. The number of fused-ring (bicyclic) bond motifs is 1. The van der Waals surface area contributed by atoms with E-state index in [1.165, 1.54) is 11.1 Å². The Labute approximate surface area is 56.0 Å². The zero-order valence-electron chi connectivity index (χ0n) is 4.96. The van der Waals surface area contributed by atoms with Crippen LogP contribution in [0, 0.1) is 0 Å². The molecule has 1 aliphatic heterocycles. The van der Waals surface area contributed by atoms with Crippen molar-refractivity contribution in [1.29, 1.82) is 0 Å². The molecule has 0 aromatic rings. The average Bonchev–Trinajstić information content (AvgIpc) is 2.33. The minimum Gasteiger partial charge on any atom is -0.139 e. The van der Waals surface area contributed by atoms with Gasteiger partial charge < -0.3 is 0 Å². The Bertz CT molecular complexity index is 245. The molecule has 0 radical (unpaired) electrons. The molecule has 0 saturated heterocycles. The lowest BCUT2D eigenvalue weighted by Crippen LogP contribution is -1.63. The Morgan fingerprint density at radius 1 is 1.00 bits per heavy atom. The van der Waals surface area contributed by atoms with Gasteiger partial charge in [0, 0.05) is 0 Å².